The molecular formula is C30H26N2O5. The van der Waals surface area contributed by atoms with Gasteiger partial charge in [-0.3, -0.25) is 9.59 Å². The summed E-state index contributed by atoms with van der Waals surface area (Å²) in [5.74, 6) is -2.03. The molecule has 1 amide bonds. The maximum atomic E-state index is 13.7. The maximum Gasteiger partial charge on any atom is 0.337 e. The van der Waals surface area contributed by atoms with E-state index in [1.54, 1.807) is 36.4 Å². The molecular weight excluding hydrogens is 468 g/mol. The Morgan fingerprint density at radius 1 is 1.00 bits per heavy atom. The number of carbonyl (C=O) groups excluding carboxylic acids is 3. The molecule has 37 heavy (non-hydrogen) atoms. The molecule has 4 aromatic rings. The highest BCUT2D eigenvalue weighted by Gasteiger charge is 2.43. The fourth-order valence-electron chi connectivity index (χ4n) is 4.93. The number of hydrogen-bond donors (Lipinski definition) is 2. The van der Waals surface area contributed by atoms with Crippen molar-refractivity contribution < 1.29 is 24.2 Å². The third kappa shape index (κ3) is 4.29. The second-order valence-corrected chi connectivity index (χ2v) is 9.03. The molecule has 186 valence electrons. The number of ketones is 1. The molecule has 0 fully saturated rings. The van der Waals surface area contributed by atoms with Crippen LogP contribution in [0.15, 0.2) is 90.3 Å². The number of aryl methyl sites for hydroxylation is 1. The molecule has 1 atom stereocenters. The van der Waals surface area contributed by atoms with Gasteiger partial charge in [0.1, 0.15) is 0 Å². The Balaban J connectivity index is 1.54. The summed E-state index contributed by atoms with van der Waals surface area (Å²) >= 11 is 0. The molecule has 3 aromatic carbocycles. The average molecular weight is 495 g/mol. The van der Waals surface area contributed by atoms with E-state index in [1.165, 1.54) is 12.0 Å². The molecule has 2 N–H and O–H groups in total. The summed E-state index contributed by atoms with van der Waals surface area (Å²) in [6.45, 7) is 2.09. The molecule has 2 heterocycles. The Bertz CT molecular complexity index is 1550. The number of rotatable bonds is 7. The zero-order valence-corrected chi connectivity index (χ0v) is 20.5. The van der Waals surface area contributed by atoms with Crippen molar-refractivity contribution >= 4 is 28.6 Å². The summed E-state index contributed by atoms with van der Waals surface area (Å²) in [7, 11) is 1.30. The second-order valence-electron chi connectivity index (χ2n) is 9.03. The van der Waals surface area contributed by atoms with Gasteiger partial charge in [-0.2, -0.15) is 0 Å². The molecule has 0 bridgehead atoms. The lowest BCUT2D eigenvalue weighted by atomic mass is 9.90. The molecule has 5 rings (SSSR count). The van der Waals surface area contributed by atoms with Crippen molar-refractivity contribution in [2.75, 3.05) is 13.7 Å². The van der Waals surface area contributed by atoms with Crippen LogP contribution >= 0.6 is 0 Å². The molecule has 0 aliphatic carbocycles. The van der Waals surface area contributed by atoms with Crippen LogP contribution in [0.25, 0.3) is 10.9 Å². The highest BCUT2D eigenvalue weighted by Crippen LogP contribution is 2.39. The number of aliphatic hydroxyl groups is 1. The number of benzene rings is 3. The second kappa shape index (κ2) is 9.78. The molecule has 0 saturated carbocycles. The number of amides is 1. The number of nitrogens with zero attached hydrogens (tertiary/aromatic N) is 1. The van der Waals surface area contributed by atoms with E-state index < -0.39 is 29.5 Å². The van der Waals surface area contributed by atoms with Crippen LogP contribution in [0.5, 0.6) is 0 Å². The van der Waals surface area contributed by atoms with E-state index in [4.69, 9.17) is 4.74 Å². The lowest BCUT2D eigenvalue weighted by molar-refractivity contribution is -0.129. The summed E-state index contributed by atoms with van der Waals surface area (Å²) in [5.41, 5.74) is 4.19. The number of fused-ring (bicyclic) bond motifs is 1. The van der Waals surface area contributed by atoms with Gasteiger partial charge < -0.3 is 19.7 Å². The van der Waals surface area contributed by atoms with Crippen LogP contribution in [0.1, 0.15) is 43.4 Å². The van der Waals surface area contributed by atoms with E-state index in [0.717, 1.165) is 22.0 Å². The number of aromatic nitrogens is 1. The molecule has 7 heteroatoms. The van der Waals surface area contributed by atoms with Crippen LogP contribution in [0.2, 0.25) is 0 Å². The number of esters is 1. The first kappa shape index (κ1) is 24.1. The molecule has 1 unspecified atom stereocenters. The standard InChI is InChI=1S/C30H26N2O5/c1-18-7-3-4-8-22(18)27(33)25-26(19-11-13-20(14-12-19)30(36)37-2)32(29(35)28(25)34)16-15-21-17-31-24-10-6-5-9-23(21)24/h3-14,17,26,31,34H,15-16H2,1-2H3. The van der Waals surface area contributed by atoms with Gasteiger partial charge in [0.25, 0.3) is 5.91 Å². The molecule has 0 saturated heterocycles. The highest BCUT2D eigenvalue weighted by atomic mass is 16.5. The third-order valence-corrected chi connectivity index (χ3v) is 6.88. The highest BCUT2D eigenvalue weighted by molar-refractivity contribution is 6.16. The predicted octanol–water partition coefficient (Wildman–Crippen LogP) is 5.08. The molecule has 1 aliphatic heterocycles. The zero-order valence-electron chi connectivity index (χ0n) is 20.5. The van der Waals surface area contributed by atoms with Crippen molar-refractivity contribution in [3.63, 3.8) is 0 Å². The number of methoxy groups -OCH3 is 1. The summed E-state index contributed by atoms with van der Waals surface area (Å²) in [6.07, 6.45) is 2.43. The number of aliphatic hydroxyl groups excluding tert-OH is 1. The Labute approximate surface area is 214 Å². The number of aromatic amines is 1. The van der Waals surface area contributed by atoms with Crippen molar-refractivity contribution in [2.45, 2.75) is 19.4 Å². The minimum absolute atomic E-state index is 0.0315. The van der Waals surface area contributed by atoms with Crippen molar-refractivity contribution in [3.8, 4) is 0 Å². The molecule has 1 aromatic heterocycles. The average Bonchev–Trinajstić information content (AvgIpc) is 3.45. The Morgan fingerprint density at radius 3 is 2.43 bits per heavy atom. The number of nitrogens with one attached hydrogen (secondary N) is 1. The Kier molecular flexibility index (Phi) is 6.36. The van der Waals surface area contributed by atoms with Gasteiger partial charge in [0.2, 0.25) is 0 Å². The third-order valence-electron chi connectivity index (χ3n) is 6.88. The lowest BCUT2D eigenvalue weighted by Gasteiger charge is -2.27. The first-order chi connectivity index (χ1) is 17.9. The van der Waals surface area contributed by atoms with E-state index in [1.807, 2.05) is 49.5 Å². The summed E-state index contributed by atoms with van der Waals surface area (Å²) in [4.78, 5) is 43.8. The molecule has 0 spiro atoms. The van der Waals surface area contributed by atoms with Crippen LogP contribution in [0.4, 0.5) is 0 Å². The van der Waals surface area contributed by atoms with Crippen molar-refractivity contribution in [2.24, 2.45) is 0 Å². The van der Waals surface area contributed by atoms with Gasteiger partial charge in [0.05, 0.1) is 24.3 Å². The molecule has 7 nitrogen and oxygen atoms in total. The maximum absolute atomic E-state index is 13.7. The summed E-state index contributed by atoms with van der Waals surface area (Å²) in [6, 6.07) is 20.7. The number of para-hydroxylation sites is 1. The van der Waals surface area contributed by atoms with Crippen molar-refractivity contribution in [1.29, 1.82) is 0 Å². The Hall–Kier alpha value is -4.65. The number of H-pyrrole nitrogens is 1. The van der Waals surface area contributed by atoms with Crippen LogP contribution in [0, 0.1) is 6.92 Å². The summed E-state index contributed by atoms with van der Waals surface area (Å²) < 4.78 is 4.79. The van der Waals surface area contributed by atoms with Gasteiger partial charge >= 0.3 is 5.97 Å². The van der Waals surface area contributed by atoms with Gasteiger partial charge in [0.15, 0.2) is 11.5 Å². The number of Topliss-reactive ketones (excluding diaryl/α,β-unsaturated/α-hetero) is 1. The van der Waals surface area contributed by atoms with E-state index in [-0.39, 0.29) is 12.1 Å². The monoisotopic (exact) mass is 494 g/mol. The normalized spacial score (nSPS) is 15.5. The first-order valence-electron chi connectivity index (χ1n) is 12.0. The van der Waals surface area contributed by atoms with Gasteiger partial charge in [0, 0.05) is 29.2 Å². The smallest absolute Gasteiger partial charge is 0.337 e. The quantitative estimate of drug-likeness (QED) is 0.276. The van der Waals surface area contributed by atoms with Crippen LogP contribution in [0.3, 0.4) is 0 Å². The minimum atomic E-state index is -0.809. The van der Waals surface area contributed by atoms with E-state index in [0.29, 0.717) is 23.1 Å². The van der Waals surface area contributed by atoms with E-state index in [9.17, 15) is 19.5 Å². The van der Waals surface area contributed by atoms with Gasteiger partial charge in [-0.05, 0) is 48.2 Å². The topological polar surface area (TPSA) is 99.7 Å². The Morgan fingerprint density at radius 2 is 1.70 bits per heavy atom. The predicted molar refractivity (Wildman–Crippen MR) is 139 cm³/mol. The fourth-order valence-corrected chi connectivity index (χ4v) is 4.93. The summed E-state index contributed by atoms with van der Waals surface area (Å²) in [5, 5.41) is 12.0. The van der Waals surface area contributed by atoms with E-state index in [2.05, 4.69) is 4.98 Å². The van der Waals surface area contributed by atoms with Crippen LogP contribution in [-0.2, 0) is 16.0 Å². The van der Waals surface area contributed by atoms with Gasteiger partial charge in [-0.1, -0.05) is 54.6 Å². The van der Waals surface area contributed by atoms with Crippen molar-refractivity contribution in [3.05, 3.63) is 118 Å². The minimum Gasteiger partial charge on any atom is -0.503 e. The fraction of sp³-hybridized carbons (Fsp3) is 0.167. The van der Waals surface area contributed by atoms with Crippen LogP contribution < -0.4 is 0 Å². The number of carbonyl (C=O) groups is 3. The lowest BCUT2D eigenvalue weighted by Crippen LogP contribution is -2.33. The van der Waals surface area contributed by atoms with Gasteiger partial charge in [-0.25, -0.2) is 4.79 Å². The zero-order chi connectivity index (χ0) is 26.1. The number of hydrogen-bond acceptors (Lipinski definition) is 5. The largest absolute Gasteiger partial charge is 0.503 e. The van der Waals surface area contributed by atoms with E-state index >= 15 is 0 Å². The van der Waals surface area contributed by atoms with Crippen LogP contribution in [-0.4, -0.2) is 46.3 Å². The SMILES string of the molecule is COC(=O)c1ccc(C2C(C(=O)c3ccccc3C)=C(O)C(=O)N2CCc2c[nH]c3ccccc23)cc1. The number of ether oxygens (including phenoxy) is 1. The first-order valence-corrected chi connectivity index (χ1v) is 12.0. The van der Waals surface area contributed by atoms with Crippen molar-refractivity contribution in [1.82, 2.24) is 9.88 Å². The van der Waals surface area contributed by atoms with Gasteiger partial charge in [-0.15, -0.1) is 0 Å². The molecule has 1 aliphatic rings. The molecule has 0 radical (unpaired) electrons.